The molecule has 1 aliphatic carbocycles. The summed E-state index contributed by atoms with van der Waals surface area (Å²) in [5.74, 6) is 1.80. The van der Waals surface area contributed by atoms with Crippen molar-refractivity contribution < 1.29 is 4.74 Å². The van der Waals surface area contributed by atoms with Crippen LogP contribution in [-0.2, 0) is 7.05 Å². The average molecular weight is 350 g/mol. The third-order valence-electron chi connectivity index (χ3n) is 5.84. The number of rotatable bonds is 5. The van der Waals surface area contributed by atoms with Crippen LogP contribution in [0.15, 0.2) is 29.2 Å². The maximum absolute atomic E-state index is 12.8. The Morgan fingerprint density at radius 1 is 1.23 bits per heavy atom. The molecule has 2 aromatic heterocycles. The first-order valence-electron chi connectivity index (χ1n) is 9.57. The number of fused-ring (bicyclic) bond motifs is 3. The van der Waals surface area contributed by atoms with Gasteiger partial charge < -0.3 is 9.30 Å². The van der Waals surface area contributed by atoms with Gasteiger partial charge in [-0.15, -0.1) is 0 Å². The lowest BCUT2D eigenvalue weighted by Gasteiger charge is -2.25. The molecule has 0 spiro atoms. The molecule has 0 aliphatic heterocycles. The summed E-state index contributed by atoms with van der Waals surface area (Å²) in [7, 11) is 1.83. The summed E-state index contributed by atoms with van der Waals surface area (Å²) in [6.07, 6.45) is 8.31. The Morgan fingerprint density at radius 2 is 2.04 bits per heavy atom. The van der Waals surface area contributed by atoms with Crippen LogP contribution in [0.2, 0.25) is 0 Å². The molecule has 0 atom stereocenters. The minimum atomic E-state index is -0.00196. The summed E-state index contributed by atoms with van der Waals surface area (Å²) >= 11 is 0. The summed E-state index contributed by atoms with van der Waals surface area (Å²) in [6, 6.07) is 6.09. The zero-order valence-electron chi connectivity index (χ0n) is 15.8. The molecule has 1 fully saturated rings. The highest BCUT2D eigenvalue weighted by atomic mass is 16.5. The van der Waals surface area contributed by atoms with Crippen LogP contribution in [0.1, 0.15) is 43.4 Å². The van der Waals surface area contributed by atoms with E-state index in [1.165, 1.54) is 25.7 Å². The molecule has 136 valence electrons. The molecule has 1 saturated carbocycles. The first-order valence-corrected chi connectivity index (χ1v) is 9.57. The molecule has 0 N–H and O–H groups in total. The van der Waals surface area contributed by atoms with Crippen molar-refractivity contribution in [2.45, 2.75) is 46.0 Å². The highest BCUT2D eigenvalue weighted by Gasteiger charge is 2.17. The Hall–Kier alpha value is -2.36. The molecular weight excluding hydrogens is 324 g/mol. The topological polar surface area (TPSA) is 44.1 Å². The minimum absolute atomic E-state index is 0.00196. The number of hydrogen-bond acceptors (Lipinski definition) is 3. The summed E-state index contributed by atoms with van der Waals surface area (Å²) < 4.78 is 7.78. The second-order valence-corrected chi connectivity index (χ2v) is 7.61. The zero-order valence-corrected chi connectivity index (χ0v) is 15.8. The third-order valence-corrected chi connectivity index (χ3v) is 5.84. The molecule has 0 radical (unpaired) electrons. The van der Waals surface area contributed by atoms with E-state index in [9.17, 15) is 4.79 Å². The van der Waals surface area contributed by atoms with Crippen LogP contribution >= 0.6 is 0 Å². The van der Waals surface area contributed by atoms with Gasteiger partial charge in [-0.25, -0.2) is 0 Å². The van der Waals surface area contributed by atoms with Gasteiger partial charge in [0.15, 0.2) is 0 Å². The van der Waals surface area contributed by atoms with E-state index in [1.54, 1.807) is 10.8 Å². The van der Waals surface area contributed by atoms with Crippen molar-refractivity contribution in [3.05, 3.63) is 46.0 Å². The monoisotopic (exact) mass is 350 g/mol. The van der Waals surface area contributed by atoms with Gasteiger partial charge >= 0.3 is 0 Å². The van der Waals surface area contributed by atoms with E-state index in [1.807, 2.05) is 26.1 Å². The summed E-state index contributed by atoms with van der Waals surface area (Å²) in [4.78, 5) is 17.1. The van der Waals surface area contributed by atoms with Crippen LogP contribution in [0.25, 0.3) is 21.7 Å². The average Bonchev–Trinajstić information content (AvgIpc) is 2.58. The van der Waals surface area contributed by atoms with Gasteiger partial charge in [0, 0.05) is 24.7 Å². The lowest BCUT2D eigenvalue weighted by molar-refractivity contribution is 0.246. The molecule has 0 saturated heterocycles. The van der Waals surface area contributed by atoms with Crippen molar-refractivity contribution in [1.29, 1.82) is 0 Å². The summed E-state index contributed by atoms with van der Waals surface area (Å²) in [6.45, 7) is 4.71. The predicted octanol–water partition coefficient (Wildman–Crippen LogP) is 4.66. The number of pyridine rings is 2. The number of aromatic nitrogens is 2. The first-order chi connectivity index (χ1) is 12.6. The lowest BCUT2D eigenvalue weighted by Crippen LogP contribution is -2.18. The van der Waals surface area contributed by atoms with Crippen molar-refractivity contribution in [3.63, 3.8) is 0 Å². The van der Waals surface area contributed by atoms with E-state index in [-0.39, 0.29) is 5.56 Å². The van der Waals surface area contributed by atoms with Gasteiger partial charge in [-0.2, -0.15) is 0 Å². The van der Waals surface area contributed by atoms with E-state index in [4.69, 9.17) is 4.74 Å². The molecule has 26 heavy (non-hydrogen) atoms. The molecule has 0 bridgehead atoms. The summed E-state index contributed by atoms with van der Waals surface area (Å²) in [5.41, 5.74) is 2.79. The van der Waals surface area contributed by atoms with Gasteiger partial charge in [-0.05, 0) is 55.7 Å². The maximum Gasteiger partial charge on any atom is 0.260 e. The van der Waals surface area contributed by atoms with Crippen LogP contribution in [0.4, 0.5) is 0 Å². The van der Waals surface area contributed by atoms with Crippen LogP contribution in [-0.4, -0.2) is 16.2 Å². The standard InChI is InChI=1S/C22H26N2O2/c1-14-12-18-17-9-10-23-15(2)21(17)22(25)24(3)19(18)13-20(14)26-11-5-8-16-6-4-7-16/h9-10,12-13,16H,4-8,11H2,1-3H3. The normalized spacial score (nSPS) is 14.7. The summed E-state index contributed by atoms with van der Waals surface area (Å²) in [5, 5.41) is 2.75. The Morgan fingerprint density at radius 3 is 2.77 bits per heavy atom. The molecule has 1 aromatic carbocycles. The fourth-order valence-corrected chi connectivity index (χ4v) is 4.00. The van der Waals surface area contributed by atoms with E-state index in [2.05, 4.69) is 18.0 Å². The maximum atomic E-state index is 12.8. The molecule has 0 amide bonds. The van der Waals surface area contributed by atoms with Crippen molar-refractivity contribution in [3.8, 4) is 5.75 Å². The number of nitrogens with zero attached hydrogens (tertiary/aromatic N) is 2. The Kier molecular flexibility index (Phi) is 4.43. The van der Waals surface area contributed by atoms with E-state index in [0.717, 1.165) is 52.2 Å². The fraction of sp³-hybridized carbons (Fsp3) is 0.455. The quantitative estimate of drug-likeness (QED) is 0.496. The molecule has 4 heteroatoms. The van der Waals surface area contributed by atoms with E-state index < -0.39 is 0 Å². The molecule has 2 heterocycles. The molecule has 1 aliphatic rings. The van der Waals surface area contributed by atoms with E-state index >= 15 is 0 Å². The second kappa shape index (κ2) is 6.75. The van der Waals surface area contributed by atoms with Crippen molar-refractivity contribution in [2.75, 3.05) is 6.61 Å². The van der Waals surface area contributed by atoms with Gasteiger partial charge in [0.2, 0.25) is 0 Å². The molecule has 0 unspecified atom stereocenters. The van der Waals surface area contributed by atoms with Gasteiger partial charge in [0.05, 0.1) is 23.2 Å². The van der Waals surface area contributed by atoms with Crippen molar-refractivity contribution >= 4 is 21.7 Å². The van der Waals surface area contributed by atoms with Crippen LogP contribution in [0.3, 0.4) is 0 Å². The Balaban J connectivity index is 1.70. The van der Waals surface area contributed by atoms with Crippen LogP contribution in [0, 0.1) is 19.8 Å². The van der Waals surface area contributed by atoms with Crippen molar-refractivity contribution in [2.24, 2.45) is 13.0 Å². The van der Waals surface area contributed by atoms with Crippen LogP contribution in [0.5, 0.6) is 5.75 Å². The fourth-order valence-electron chi connectivity index (χ4n) is 4.00. The first kappa shape index (κ1) is 17.1. The van der Waals surface area contributed by atoms with Gasteiger partial charge in [-0.3, -0.25) is 9.78 Å². The van der Waals surface area contributed by atoms with E-state index in [0.29, 0.717) is 5.39 Å². The number of benzene rings is 1. The van der Waals surface area contributed by atoms with Crippen LogP contribution < -0.4 is 10.3 Å². The predicted molar refractivity (Wildman–Crippen MR) is 106 cm³/mol. The zero-order chi connectivity index (χ0) is 18.3. The third kappa shape index (κ3) is 2.87. The van der Waals surface area contributed by atoms with Gasteiger partial charge in [0.25, 0.3) is 5.56 Å². The number of ether oxygens (including phenoxy) is 1. The minimum Gasteiger partial charge on any atom is -0.493 e. The number of hydrogen-bond donors (Lipinski definition) is 0. The van der Waals surface area contributed by atoms with Gasteiger partial charge in [0.1, 0.15) is 5.75 Å². The van der Waals surface area contributed by atoms with Gasteiger partial charge in [-0.1, -0.05) is 19.3 Å². The van der Waals surface area contributed by atoms with Crippen molar-refractivity contribution in [1.82, 2.24) is 9.55 Å². The number of aryl methyl sites for hydroxylation is 3. The lowest BCUT2D eigenvalue weighted by atomic mass is 9.82. The molecular formula is C22H26N2O2. The second-order valence-electron chi connectivity index (χ2n) is 7.61. The molecule has 4 rings (SSSR count). The highest BCUT2D eigenvalue weighted by Crippen LogP contribution is 2.32. The highest BCUT2D eigenvalue weighted by molar-refractivity contribution is 6.06. The molecule has 4 nitrogen and oxygen atoms in total. The Labute approximate surface area is 153 Å². The Bertz CT molecular complexity index is 1030. The SMILES string of the molecule is Cc1cc2c3ccnc(C)c3c(=O)n(C)c2cc1OCCCC1CCC1. The largest absolute Gasteiger partial charge is 0.493 e. The molecule has 3 aromatic rings. The smallest absolute Gasteiger partial charge is 0.260 e.